The quantitative estimate of drug-likeness (QED) is 0.541. The fraction of sp³-hybridized carbons (Fsp3) is 0.667. The van der Waals surface area contributed by atoms with Crippen molar-refractivity contribution >= 4 is 5.96 Å². The summed E-state index contributed by atoms with van der Waals surface area (Å²) in [7, 11) is 7.12. The van der Waals surface area contributed by atoms with Gasteiger partial charge in [0, 0.05) is 53.3 Å². The highest BCUT2D eigenvalue weighted by atomic mass is 16.5. The lowest BCUT2D eigenvalue weighted by Gasteiger charge is -2.35. The van der Waals surface area contributed by atoms with Gasteiger partial charge in [0.05, 0.1) is 26.4 Å². The Morgan fingerprint density at radius 1 is 1.18 bits per heavy atom. The van der Waals surface area contributed by atoms with Crippen LogP contribution >= 0.6 is 0 Å². The molecule has 1 aliphatic rings. The summed E-state index contributed by atoms with van der Waals surface area (Å²) in [5, 5.41) is 3.39. The Balaban J connectivity index is 2.17. The minimum Gasteiger partial charge on any atom is -0.493 e. The van der Waals surface area contributed by atoms with Crippen LogP contribution < -0.4 is 14.8 Å². The predicted octanol–water partition coefficient (Wildman–Crippen LogP) is 2.61. The molecule has 2 rings (SSSR count). The molecular weight excluding hydrogens is 358 g/mol. The first-order valence-electron chi connectivity index (χ1n) is 9.82. The van der Waals surface area contributed by atoms with Crippen molar-refractivity contribution < 1.29 is 18.9 Å². The number of aliphatic imine (C=N–C) groups is 1. The second kappa shape index (κ2) is 10.5. The van der Waals surface area contributed by atoms with Crippen LogP contribution in [0.4, 0.5) is 0 Å². The van der Waals surface area contributed by atoms with Gasteiger partial charge in [0.15, 0.2) is 17.5 Å². The number of ether oxygens (including phenoxy) is 4. The number of rotatable bonds is 8. The third-order valence-corrected chi connectivity index (χ3v) is 5.30. The summed E-state index contributed by atoms with van der Waals surface area (Å²) in [5.74, 6) is 2.34. The molecular formula is C21H35N3O4. The van der Waals surface area contributed by atoms with E-state index in [1.54, 1.807) is 21.3 Å². The van der Waals surface area contributed by atoms with Crippen molar-refractivity contribution in [1.82, 2.24) is 10.2 Å². The van der Waals surface area contributed by atoms with Gasteiger partial charge < -0.3 is 29.2 Å². The van der Waals surface area contributed by atoms with Crippen LogP contribution in [0, 0.1) is 6.92 Å². The molecule has 0 bridgehead atoms. The molecule has 0 atom stereocenters. The minimum atomic E-state index is -0.237. The first kappa shape index (κ1) is 22.3. The molecule has 1 aliphatic heterocycles. The van der Waals surface area contributed by atoms with E-state index in [4.69, 9.17) is 23.9 Å². The van der Waals surface area contributed by atoms with Crippen LogP contribution in [0.2, 0.25) is 0 Å². The van der Waals surface area contributed by atoms with Crippen LogP contribution in [0.3, 0.4) is 0 Å². The molecule has 0 saturated carbocycles. The highest BCUT2D eigenvalue weighted by Crippen LogP contribution is 2.31. The van der Waals surface area contributed by atoms with Crippen LogP contribution in [0.1, 0.15) is 30.9 Å². The van der Waals surface area contributed by atoms with Crippen molar-refractivity contribution in [2.24, 2.45) is 4.99 Å². The Bertz CT molecular complexity index is 657. The second-order valence-electron chi connectivity index (χ2n) is 7.16. The van der Waals surface area contributed by atoms with E-state index in [-0.39, 0.29) is 5.60 Å². The largest absolute Gasteiger partial charge is 0.493 e. The van der Waals surface area contributed by atoms with E-state index in [0.717, 1.165) is 55.6 Å². The molecule has 1 aromatic rings. The van der Waals surface area contributed by atoms with Gasteiger partial charge in [-0.3, -0.25) is 4.99 Å². The summed E-state index contributed by atoms with van der Waals surface area (Å²) in [6.45, 7) is 7.73. The lowest BCUT2D eigenvalue weighted by atomic mass is 9.94. The number of hydrogen-bond donors (Lipinski definition) is 1. The van der Waals surface area contributed by atoms with Crippen molar-refractivity contribution in [3.05, 3.63) is 23.3 Å². The summed E-state index contributed by atoms with van der Waals surface area (Å²) in [4.78, 5) is 7.00. The molecule has 0 radical (unpaired) electrons. The molecule has 0 aromatic heterocycles. The topological polar surface area (TPSA) is 64.6 Å². The zero-order valence-electron chi connectivity index (χ0n) is 18.1. The molecule has 0 amide bonds. The van der Waals surface area contributed by atoms with E-state index in [2.05, 4.69) is 24.1 Å². The van der Waals surface area contributed by atoms with Gasteiger partial charge in [0.25, 0.3) is 0 Å². The van der Waals surface area contributed by atoms with Crippen LogP contribution in [-0.4, -0.2) is 71.1 Å². The first-order valence-corrected chi connectivity index (χ1v) is 9.82. The van der Waals surface area contributed by atoms with Gasteiger partial charge in [0.1, 0.15) is 0 Å². The van der Waals surface area contributed by atoms with Crippen molar-refractivity contribution in [2.45, 2.75) is 38.8 Å². The van der Waals surface area contributed by atoms with E-state index < -0.39 is 0 Å². The maximum Gasteiger partial charge on any atom is 0.194 e. The molecule has 0 aliphatic carbocycles. The Morgan fingerprint density at radius 3 is 2.39 bits per heavy atom. The molecule has 1 aromatic carbocycles. The van der Waals surface area contributed by atoms with E-state index in [1.807, 2.05) is 19.2 Å². The molecule has 28 heavy (non-hydrogen) atoms. The van der Waals surface area contributed by atoms with Gasteiger partial charge in [0.2, 0.25) is 0 Å². The zero-order chi connectivity index (χ0) is 20.6. The van der Waals surface area contributed by atoms with Crippen molar-refractivity contribution in [3.63, 3.8) is 0 Å². The SMILES string of the molecule is CCNC(=NCC1(OC)CCOCC1)N(C)Cc1cc(OC)c(OC)cc1C. The van der Waals surface area contributed by atoms with E-state index in [0.29, 0.717) is 13.1 Å². The van der Waals surface area contributed by atoms with E-state index in [9.17, 15) is 0 Å². The second-order valence-corrected chi connectivity index (χ2v) is 7.16. The van der Waals surface area contributed by atoms with Gasteiger partial charge in [-0.15, -0.1) is 0 Å². The first-order chi connectivity index (χ1) is 13.5. The zero-order valence-corrected chi connectivity index (χ0v) is 18.1. The van der Waals surface area contributed by atoms with Gasteiger partial charge in [-0.1, -0.05) is 0 Å². The number of aryl methyl sites for hydroxylation is 1. The maximum absolute atomic E-state index is 5.82. The molecule has 1 saturated heterocycles. The third kappa shape index (κ3) is 5.52. The molecule has 1 N–H and O–H groups in total. The standard InChI is InChI=1S/C21H35N3O4/c1-7-22-20(23-15-21(27-6)8-10-28-11-9-21)24(3)14-17-13-19(26-5)18(25-4)12-16(17)2/h12-13H,7-11,14-15H2,1-6H3,(H,22,23). The Labute approximate surface area is 169 Å². The molecule has 1 heterocycles. The third-order valence-electron chi connectivity index (χ3n) is 5.30. The van der Waals surface area contributed by atoms with Gasteiger partial charge in [-0.25, -0.2) is 0 Å². The van der Waals surface area contributed by atoms with Gasteiger partial charge in [-0.2, -0.15) is 0 Å². The van der Waals surface area contributed by atoms with Crippen molar-refractivity contribution in [1.29, 1.82) is 0 Å². The lowest BCUT2D eigenvalue weighted by Crippen LogP contribution is -2.44. The molecule has 7 heteroatoms. The normalized spacial score (nSPS) is 16.6. The number of nitrogens with one attached hydrogen (secondary N) is 1. The summed E-state index contributed by atoms with van der Waals surface area (Å²) in [5.41, 5.74) is 2.08. The van der Waals surface area contributed by atoms with Gasteiger partial charge >= 0.3 is 0 Å². The van der Waals surface area contributed by atoms with Crippen molar-refractivity contribution in [2.75, 3.05) is 54.7 Å². The highest BCUT2D eigenvalue weighted by molar-refractivity contribution is 5.79. The number of guanidine groups is 1. The molecule has 1 fully saturated rings. The minimum absolute atomic E-state index is 0.237. The Morgan fingerprint density at radius 2 is 1.82 bits per heavy atom. The fourth-order valence-electron chi connectivity index (χ4n) is 3.38. The van der Waals surface area contributed by atoms with E-state index >= 15 is 0 Å². The highest BCUT2D eigenvalue weighted by Gasteiger charge is 2.32. The number of hydrogen-bond acceptors (Lipinski definition) is 5. The average molecular weight is 394 g/mol. The average Bonchev–Trinajstić information content (AvgIpc) is 2.72. The van der Waals surface area contributed by atoms with Crippen LogP contribution in [0.5, 0.6) is 11.5 Å². The molecule has 158 valence electrons. The lowest BCUT2D eigenvalue weighted by molar-refractivity contribution is -0.0829. The van der Waals surface area contributed by atoms with Crippen LogP contribution in [0.15, 0.2) is 17.1 Å². The molecule has 0 unspecified atom stereocenters. The fourth-order valence-corrected chi connectivity index (χ4v) is 3.38. The molecule has 0 spiro atoms. The molecule has 7 nitrogen and oxygen atoms in total. The Hall–Kier alpha value is -1.99. The number of nitrogens with zero attached hydrogens (tertiary/aromatic N) is 2. The maximum atomic E-state index is 5.82. The van der Waals surface area contributed by atoms with Crippen molar-refractivity contribution in [3.8, 4) is 11.5 Å². The summed E-state index contributed by atoms with van der Waals surface area (Å²) < 4.78 is 22.2. The van der Waals surface area contributed by atoms with E-state index in [1.165, 1.54) is 5.56 Å². The number of methoxy groups -OCH3 is 3. The summed E-state index contributed by atoms with van der Waals surface area (Å²) in [6, 6.07) is 4.04. The summed E-state index contributed by atoms with van der Waals surface area (Å²) in [6.07, 6.45) is 1.73. The van der Waals surface area contributed by atoms with Gasteiger partial charge in [-0.05, 0) is 37.1 Å². The predicted molar refractivity (Wildman–Crippen MR) is 112 cm³/mol. The van der Waals surface area contributed by atoms with Crippen LogP contribution in [0.25, 0.3) is 0 Å². The van der Waals surface area contributed by atoms with Crippen LogP contribution in [-0.2, 0) is 16.0 Å². The Kier molecular flexibility index (Phi) is 8.38. The smallest absolute Gasteiger partial charge is 0.194 e. The monoisotopic (exact) mass is 393 g/mol. The number of benzene rings is 1. The summed E-state index contributed by atoms with van der Waals surface area (Å²) >= 11 is 0.